The molecular weight excluding hydrogens is 400 g/mol. The van der Waals surface area contributed by atoms with E-state index >= 15 is 0 Å². The highest BCUT2D eigenvalue weighted by molar-refractivity contribution is 6.24. The van der Waals surface area contributed by atoms with Crippen LogP contribution in [0.5, 0.6) is 0 Å². The molecule has 5 aromatic carbocycles. The van der Waals surface area contributed by atoms with E-state index in [0.717, 1.165) is 11.2 Å². The molecular formula is C31H20N2. The van der Waals surface area contributed by atoms with Crippen LogP contribution in [-0.4, -0.2) is 9.38 Å². The first-order valence-electron chi connectivity index (χ1n) is 11.2. The molecule has 2 nitrogen and oxygen atoms in total. The summed E-state index contributed by atoms with van der Waals surface area (Å²) in [5.74, 6) is 0. The van der Waals surface area contributed by atoms with Crippen LogP contribution < -0.4 is 0 Å². The minimum Gasteiger partial charge on any atom is -0.299 e. The second kappa shape index (κ2) is 7.04. The van der Waals surface area contributed by atoms with Crippen molar-refractivity contribution in [2.24, 2.45) is 0 Å². The van der Waals surface area contributed by atoms with Gasteiger partial charge in [-0.1, -0.05) is 97.1 Å². The lowest BCUT2D eigenvalue weighted by atomic mass is 9.95. The highest BCUT2D eigenvalue weighted by atomic mass is 15.0. The molecule has 0 fully saturated rings. The minimum absolute atomic E-state index is 0.978. The maximum Gasteiger partial charge on any atom is 0.137 e. The summed E-state index contributed by atoms with van der Waals surface area (Å²) in [7, 11) is 0. The van der Waals surface area contributed by atoms with Gasteiger partial charge in [-0.05, 0) is 51.2 Å². The van der Waals surface area contributed by atoms with Crippen molar-refractivity contribution in [1.82, 2.24) is 9.38 Å². The standard InChI is InChI=1S/C31H20N2/c1-2-8-21(9-3-1)22-13-15-23(16-14-22)24-17-18-27-28(20-24)25-10-4-5-11-26(25)30-31(27)33-19-7-6-12-29(33)32-30/h1-20H. The van der Waals surface area contributed by atoms with Crippen molar-refractivity contribution in [2.45, 2.75) is 0 Å². The van der Waals surface area contributed by atoms with Gasteiger partial charge >= 0.3 is 0 Å². The molecule has 0 N–H and O–H groups in total. The smallest absolute Gasteiger partial charge is 0.137 e. The van der Waals surface area contributed by atoms with Crippen LogP contribution in [0.25, 0.3) is 60.5 Å². The Kier molecular flexibility index (Phi) is 3.88. The van der Waals surface area contributed by atoms with E-state index in [-0.39, 0.29) is 0 Å². The van der Waals surface area contributed by atoms with Gasteiger partial charge in [0.15, 0.2) is 0 Å². The molecule has 7 rings (SSSR count). The Hall–Kier alpha value is -4.43. The van der Waals surface area contributed by atoms with Gasteiger partial charge in [0.1, 0.15) is 5.65 Å². The molecule has 0 aliphatic carbocycles. The van der Waals surface area contributed by atoms with Gasteiger partial charge in [0, 0.05) is 17.0 Å². The van der Waals surface area contributed by atoms with E-state index in [1.165, 1.54) is 49.3 Å². The molecule has 0 amide bonds. The Labute approximate surface area is 191 Å². The molecule has 0 unspecified atom stereocenters. The zero-order chi connectivity index (χ0) is 21.8. The van der Waals surface area contributed by atoms with E-state index in [1.54, 1.807) is 0 Å². The lowest BCUT2D eigenvalue weighted by Crippen LogP contribution is -1.87. The highest BCUT2D eigenvalue weighted by Crippen LogP contribution is 2.37. The molecule has 2 aromatic heterocycles. The van der Waals surface area contributed by atoms with Crippen molar-refractivity contribution >= 4 is 38.2 Å². The number of rotatable bonds is 2. The predicted molar refractivity (Wildman–Crippen MR) is 139 cm³/mol. The average molecular weight is 421 g/mol. The first-order valence-corrected chi connectivity index (χ1v) is 11.2. The summed E-state index contributed by atoms with van der Waals surface area (Å²) >= 11 is 0. The number of hydrogen-bond acceptors (Lipinski definition) is 1. The molecule has 0 bridgehead atoms. The van der Waals surface area contributed by atoms with Crippen LogP contribution in [0.1, 0.15) is 0 Å². The summed E-state index contributed by atoms with van der Waals surface area (Å²) in [5.41, 5.74) is 8.13. The van der Waals surface area contributed by atoms with Gasteiger partial charge in [0.25, 0.3) is 0 Å². The van der Waals surface area contributed by atoms with E-state index in [1.807, 2.05) is 6.07 Å². The van der Waals surface area contributed by atoms with Crippen LogP contribution in [-0.2, 0) is 0 Å². The first kappa shape index (κ1) is 18.2. The van der Waals surface area contributed by atoms with Crippen LogP contribution in [0.15, 0.2) is 121 Å². The molecule has 7 aromatic rings. The Morgan fingerprint density at radius 1 is 0.455 bits per heavy atom. The van der Waals surface area contributed by atoms with Gasteiger partial charge in [-0.25, -0.2) is 4.98 Å². The fourth-order valence-electron chi connectivity index (χ4n) is 5.00. The number of nitrogens with zero attached hydrogens (tertiary/aromatic N) is 2. The Morgan fingerprint density at radius 3 is 1.91 bits per heavy atom. The molecule has 0 aliphatic rings. The van der Waals surface area contributed by atoms with E-state index in [4.69, 9.17) is 4.98 Å². The van der Waals surface area contributed by atoms with Crippen molar-refractivity contribution < 1.29 is 0 Å². The van der Waals surface area contributed by atoms with Crippen LogP contribution in [0, 0.1) is 0 Å². The van der Waals surface area contributed by atoms with Crippen LogP contribution in [0.3, 0.4) is 0 Å². The maximum atomic E-state index is 4.98. The third-order valence-corrected chi connectivity index (χ3v) is 6.60. The van der Waals surface area contributed by atoms with Gasteiger partial charge in [0.05, 0.1) is 11.0 Å². The summed E-state index contributed by atoms with van der Waals surface area (Å²) in [6, 6.07) is 41.0. The Balaban J connectivity index is 1.48. The predicted octanol–water partition coefficient (Wildman–Crippen LogP) is 8.13. The van der Waals surface area contributed by atoms with Crippen molar-refractivity contribution in [2.75, 3.05) is 0 Å². The molecule has 33 heavy (non-hydrogen) atoms. The molecule has 154 valence electrons. The molecule has 2 heteroatoms. The molecule has 0 spiro atoms. The van der Waals surface area contributed by atoms with E-state index in [0.29, 0.717) is 0 Å². The topological polar surface area (TPSA) is 17.3 Å². The lowest BCUT2D eigenvalue weighted by molar-refractivity contribution is 1.23. The SMILES string of the molecule is c1ccc(-c2ccc(-c3ccc4c(c3)c3ccccc3c3nc5ccccn5c43)cc2)cc1. The molecule has 0 aliphatic heterocycles. The van der Waals surface area contributed by atoms with Gasteiger partial charge in [0.2, 0.25) is 0 Å². The molecule has 0 radical (unpaired) electrons. The third-order valence-electron chi connectivity index (χ3n) is 6.60. The second-order valence-corrected chi connectivity index (χ2v) is 8.49. The summed E-state index contributed by atoms with van der Waals surface area (Å²) in [6.07, 6.45) is 2.11. The Morgan fingerprint density at radius 2 is 1.09 bits per heavy atom. The summed E-state index contributed by atoms with van der Waals surface area (Å²) < 4.78 is 2.21. The fourth-order valence-corrected chi connectivity index (χ4v) is 5.00. The zero-order valence-electron chi connectivity index (χ0n) is 17.9. The Bertz CT molecular complexity index is 1790. The van der Waals surface area contributed by atoms with Crippen molar-refractivity contribution in [1.29, 1.82) is 0 Å². The van der Waals surface area contributed by atoms with E-state index < -0.39 is 0 Å². The number of pyridine rings is 1. The van der Waals surface area contributed by atoms with E-state index in [2.05, 4.69) is 120 Å². The maximum absolute atomic E-state index is 4.98. The van der Waals surface area contributed by atoms with Crippen LogP contribution in [0.4, 0.5) is 0 Å². The normalized spacial score (nSPS) is 11.6. The van der Waals surface area contributed by atoms with Gasteiger partial charge < -0.3 is 0 Å². The average Bonchev–Trinajstić information content (AvgIpc) is 3.29. The molecule has 0 saturated heterocycles. The number of hydrogen-bond donors (Lipinski definition) is 0. The fraction of sp³-hybridized carbons (Fsp3) is 0. The molecule has 0 saturated carbocycles. The van der Waals surface area contributed by atoms with Crippen LogP contribution >= 0.6 is 0 Å². The summed E-state index contributed by atoms with van der Waals surface area (Å²) in [6.45, 7) is 0. The zero-order valence-corrected chi connectivity index (χ0v) is 17.9. The third kappa shape index (κ3) is 2.78. The number of imidazole rings is 1. The first-order chi connectivity index (χ1) is 16.4. The summed E-state index contributed by atoms with van der Waals surface area (Å²) in [5, 5.41) is 4.92. The second-order valence-electron chi connectivity index (χ2n) is 8.49. The van der Waals surface area contributed by atoms with Gasteiger partial charge in [-0.15, -0.1) is 0 Å². The van der Waals surface area contributed by atoms with E-state index in [9.17, 15) is 0 Å². The monoisotopic (exact) mass is 420 g/mol. The van der Waals surface area contributed by atoms with Crippen molar-refractivity contribution in [3.8, 4) is 22.3 Å². The number of benzene rings is 5. The van der Waals surface area contributed by atoms with Crippen LogP contribution in [0.2, 0.25) is 0 Å². The molecule has 2 heterocycles. The number of aromatic nitrogens is 2. The largest absolute Gasteiger partial charge is 0.299 e. The van der Waals surface area contributed by atoms with Crippen molar-refractivity contribution in [3.05, 3.63) is 121 Å². The van der Waals surface area contributed by atoms with Gasteiger partial charge in [-0.2, -0.15) is 0 Å². The quantitative estimate of drug-likeness (QED) is 0.258. The minimum atomic E-state index is 0.978. The highest BCUT2D eigenvalue weighted by Gasteiger charge is 2.14. The molecule has 0 atom stereocenters. The van der Waals surface area contributed by atoms with Crippen molar-refractivity contribution in [3.63, 3.8) is 0 Å². The summed E-state index contributed by atoms with van der Waals surface area (Å²) in [4.78, 5) is 4.98. The number of fused-ring (bicyclic) bond motifs is 8. The lowest BCUT2D eigenvalue weighted by Gasteiger charge is -2.10. The van der Waals surface area contributed by atoms with Gasteiger partial charge in [-0.3, -0.25) is 4.40 Å².